The van der Waals surface area contributed by atoms with Crippen molar-refractivity contribution in [2.45, 2.75) is 43.7 Å². The molecule has 1 aromatic carbocycles. The Morgan fingerprint density at radius 3 is 2.37 bits per heavy atom. The maximum absolute atomic E-state index is 12.9. The molecule has 9 heteroatoms. The normalized spacial score (nSPS) is 27.3. The highest BCUT2D eigenvalue weighted by Crippen LogP contribution is 2.31. The van der Waals surface area contributed by atoms with Crippen LogP contribution in [0.15, 0.2) is 18.2 Å². The number of carbonyl (C=O) groups excluding carboxylic acids is 2. The van der Waals surface area contributed by atoms with Gasteiger partial charge in [0, 0.05) is 28.4 Å². The zero-order chi connectivity index (χ0) is 19.6. The lowest BCUT2D eigenvalue weighted by molar-refractivity contribution is -0.152. The zero-order valence-electron chi connectivity index (χ0n) is 14.5. The van der Waals surface area contributed by atoms with Crippen molar-refractivity contribution in [2.24, 2.45) is 5.92 Å². The minimum Gasteiger partial charge on any atom is -0.481 e. The number of amides is 2. The van der Waals surface area contributed by atoms with Gasteiger partial charge in [-0.1, -0.05) is 23.2 Å². The molecule has 0 spiro atoms. The molecule has 1 unspecified atom stereocenters. The van der Waals surface area contributed by atoms with Crippen molar-refractivity contribution in [3.8, 4) is 0 Å². The predicted octanol–water partition coefficient (Wildman–Crippen LogP) is 2.85. The topological polar surface area (TPSA) is 105 Å². The molecule has 2 amide bonds. The van der Waals surface area contributed by atoms with Gasteiger partial charge in [-0.25, -0.2) is 0 Å². The Morgan fingerprint density at radius 1 is 1.11 bits per heavy atom. The van der Waals surface area contributed by atoms with Crippen molar-refractivity contribution >= 4 is 46.7 Å². The molecule has 1 aliphatic heterocycles. The van der Waals surface area contributed by atoms with E-state index in [2.05, 4.69) is 10.6 Å². The number of rotatable bonds is 5. The molecule has 1 saturated carbocycles. The summed E-state index contributed by atoms with van der Waals surface area (Å²) in [5, 5.41) is 15.3. The van der Waals surface area contributed by atoms with Gasteiger partial charge in [0.25, 0.3) is 11.8 Å². The summed E-state index contributed by atoms with van der Waals surface area (Å²) < 4.78 is 5.58. The lowest BCUT2D eigenvalue weighted by atomic mass is 9.96. The van der Waals surface area contributed by atoms with E-state index in [4.69, 9.17) is 33.0 Å². The zero-order valence-corrected chi connectivity index (χ0v) is 16.0. The molecule has 1 heterocycles. The van der Waals surface area contributed by atoms with Crippen molar-refractivity contribution in [2.75, 3.05) is 11.9 Å². The fraction of sp³-hybridized carbons (Fsp3) is 0.500. The predicted molar refractivity (Wildman–Crippen MR) is 99.9 cm³/mol. The van der Waals surface area contributed by atoms with Crippen LogP contribution in [0.3, 0.4) is 0 Å². The van der Waals surface area contributed by atoms with Gasteiger partial charge in [-0.05, 0) is 50.3 Å². The molecule has 3 atom stereocenters. The monoisotopic (exact) mass is 414 g/mol. The number of ether oxygens (including phenoxy) is 1. The maximum atomic E-state index is 12.9. The smallest absolute Gasteiger partial charge is 0.306 e. The first-order valence-electron chi connectivity index (χ1n) is 8.75. The molecule has 146 valence electrons. The standard InChI is InChI=1S/C18H20Cl2N2O5/c19-11-7-12(20)9-14(8-11)22-17(26)18(4-1-5-27-18)16(25)21-13-3-2-10(6-13)15(23)24/h7-10,13H,1-6H2,(H,21,25)(H,22,26)(H,23,24)/t10-,13+,18?/m0/s1. The number of benzene rings is 1. The molecule has 1 saturated heterocycles. The van der Waals surface area contributed by atoms with E-state index in [1.54, 1.807) is 0 Å². The van der Waals surface area contributed by atoms with Gasteiger partial charge in [0.15, 0.2) is 0 Å². The number of carboxylic acids is 1. The first kappa shape index (κ1) is 19.9. The van der Waals surface area contributed by atoms with Crippen LogP contribution in [0.4, 0.5) is 5.69 Å². The summed E-state index contributed by atoms with van der Waals surface area (Å²) in [6.45, 7) is 0.291. The first-order chi connectivity index (χ1) is 12.8. The highest BCUT2D eigenvalue weighted by molar-refractivity contribution is 6.35. The molecule has 0 radical (unpaired) electrons. The third-order valence-electron chi connectivity index (χ3n) is 4.99. The molecule has 7 nitrogen and oxygen atoms in total. The largest absolute Gasteiger partial charge is 0.481 e. The molecule has 0 bridgehead atoms. The van der Waals surface area contributed by atoms with E-state index < -0.39 is 29.3 Å². The van der Waals surface area contributed by atoms with E-state index in [0.29, 0.717) is 48.0 Å². The van der Waals surface area contributed by atoms with Gasteiger partial charge in [-0.3, -0.25) is 14.4 Å². The number of anilines is 1. The lowest BCUT2D eigenvalue weighted by Crippen LogP contribution is -2.56. The Hall–Kier alpha value is -1.83. The minimum absolute atomic E-state index is 0.244. The van der Waals surface area contributed by atoms with E-state index in [-0.39, 0.29) is 12.5 Å². The van der Waals surface area contributed by atoms with Crippen LogP contribution in [0.1, 0.15) is 32.1 Å². The highest BCUT2D eigenvalue weighted by atomic mass is 35.5. The molecule has 1 aromatic rings. The van der Waals surface area contributed by atoms with Crippen molar-refractivity contribution in [3.63, 3.8) is 0 Å². The van der Waals surface area contributed by atoms with Crippen LogP contribution in [0.2, 0.25) is 10.0 Å². The lowest BCUT2D eigenvalue weighted by Gasteiger charge is -2.27. The van der Waals surface area contributed by atoms with Gasteiger partial charge < -0.3 is 20.5 Å². The minimum atomic E-state index is -1.64. The molecular formula is C18H20Cl2N2O5. The molecule has 27 heavy (non-hydrogen) atoms. The number of nitrogens with one attached hydrogen (secondary N) is 2. The summed E-state index contributed by atoms with van der Waals surface area (Å²) in [6.07, 6.45) is 2.22. The van der Waals surface area contributed by atoms with Crippen molar-refractivity contribution in [1.82, 2.24) is 5.32 Å². The summed E-state index contributed by atoms with van der Waals surface area (Å²) in [4.78, 5) is 36.8. The molecule has 2 aliphatic rings. The summed E-state index contributed by atoms with van der Waals surface area (Å²) in [7, 11) is 0. The van der Waals surface area contributed by atoms with Crippen molar-refractivity contribution < 1.29 is 24.2 Å². The van der Waals surface area contributed by atoms with Crippen LogP contribution < -0.4 is 10.6 Å². The van der Waals surface area contributed by atoms with E-state index in [1.165, 1.54) is 18.2 Å². The first-order valence-corrected chi connectivity index (χ1v) is 9.51. The second-order valence-electron chi connectivity index (χ2n) is 6.91. The van der Waals surface area contributed by atoms with Gasteiger partial charge in [0.1, 0.15) is 0 Å². The van der Waals surface area contributed by atoms with E-state index in [9.17, 15) is 14.4 Å². The van der Waals surface area contributed by atoms with Crippen LogP contribution >= 0.6 is 23.2 Å². The van der Waals surface area contributed by atoms with Crippen LogP contribution in [-0.4, -0.2) is 41.1 Å². The second kappa shape index (κ2) is 8.04. The summed E-state index contributed by atoms with van der Waals surface area (Å²) in [5.74, 6) is -2.47. The van der Waals surface area contributed by atoms with Gasteiger partial charge in [0.2, 0.25) is 5.60 Å². The SMILES string of the molecule is O=C(O)[C@H]1CC[C@@H](NC(=O)C2(C(=O)Nc3cc(Cl)cc(Cl)c3)CCCO2)C1. The Balaban J connectivity index is 1.72. The fourth-order valence-electron chi connectivity index (χ4n) is 3.60. The Bertz CT molecular complexity index is 744. The third kappa shape index (κ3) is 4.36. The van der Waals surface area contributed by atoms with Crippen molar-refractivity contribution in [3.05, 3.63) is 28.2 Å². The van der Waals surface area contributed by atoms with E-state index in [1.807, 2.05) is 0 Å². The number of aliphatic carboxylic acids is 1. The van der Waals surface area contributed by atoms with E-state index >= 15 is 0 Å². The van der Waals surface area contributed by atoms with Gasteiger partial charge in [0.05, 0.1) is 5.92 Å². The molecule has 1 aliphatic carbocycles. The number of hydrogen-bond donors (Lipinski definition) is 3. The molecule has 0 aromatic heterocycles. The van der Waals surface area contributed by atoms with Crippen LogP contribution in [0.5, 0.6) is 0 Å². The molecule has 3 N–H and O–H groups in total. The summed E-state index contributed by atoms with van der Waals surface area (Å²) in [5.41, 5.74) is -1.28. The Labute approximate surface area is 166 Å². The Kier molecular flexibility index (Phi) is 5.93. The van der Waals surface area contributed by atoms with Crippen molar-refractivity contribution in [1.29, 1.82) is 0 Å². The number of carbonyl (C=O) groups is 3. The van der Waals surface area contributed by atoms with Crippen LogP contribution in [0.25, 0.3) is 0 Å². The average Bonchev–Trinajstić information content (AvgIpc) is 3.23. The van der Waals surface area contributed by atoms with Crippen LogP contribution in [0, 0.1) is 5.92 Å². The molecule has 3 rings (SSSR count). The number of halogens is 2. The van der Waals surface area contributed by atoms with E-state index in [0.717, 1.165) is 0 Å². The molecule has 2 fully saturated rings. The fourth-order valence-corrected chi connectivity index (χ4v) is 4.12. The molecular weight excluding hydrogens is 395 g/mol. The van der Waals surface area contributed by atoms with Gasteiger partial charge in [-0.15, -0.1) is 0 Å². The summed E-state index contributed by atoms with van der Waals surface area (Å²) >= 11 is 11.9. The third-order valence-corrected chi connectivity index (χ3v) is 5.43. The van der Waals surface area contributed by atoms with Crippen LogP contribution in [-0.2, 0) is 19.1 Å². The Morgan fingerprint density at radius 2 is 1.81 bits per heavy atom. The highest BCUT2D eigenvalue weighted by Gasteiger charge is 2.50. The second-order valence-corrected chi connectivity index (χ2v) is 7.78. The summed E-state index contributed by atoms with van der Waals surface area (Å²) in [6, 6.07) is 4.31. The average molecular weight is 415 g/mol. The number of carboxylic acid groups (broad SMARTS) is 1. The maximum Gasteiger partial charge on any atom is 0.306 e. The number of hydrogen-bond acceptors (Lipinski definition) is 4. The van der Waals surface area contributed by atoms with Gasteiger partial charge >= 0.3 is 5.97 Å². The quantitative estimate of drug-likeness (QED) is 0.642. The van der Waals surface area contributed by atoms with Gasteiger partial charge in [-0.2, -0.15) is 0 Å².